The van der Waals surface area contributed by atoms with E-state index in [-0.39, 0.29) is 16.6 Å². The molecule has 2 N–H and O–H groups in total. The highest BCUT2D eigenvalue weighted by atomic mass is 35.5. The third-order valence-electron chi connectivity index (χ3n) is 1.71. The van der Waals surface area contributed by atoms with E-state index in [1.165, 1.54) is 17.5 Å². The molecule has 1 aromatic rings. The molecule has 1 rings (SSSR count). The number of hydrogen-bond donors (Lipinski definition) is 2. The highest BCUT2D eigenvalue weighted by Crippen LogP contribution is 2.16. The summed E-state index contributed by atoms with van der Waals surface area (Å²) in [6.45, 7) is 5.62. The van der Waals surface area contributed by atoms with Crippen LogP contribution >= 0.6 is 23.7 Å². The Morgan fingerprint density at radius 2 is 2.12 bits per heavy atom. The van der Waals surface area contributed by atoms with Gasteiger partial charge < -0.3 is 5.32 Å². The minimum Gasteiger partial charge on any atom is -0.316 e. The van der Waals surface area contributed by atoms with Gasteiger partial charge in [0.05, 0.1) is 11.2 Å². The van der Waals surface area contributed by atoms with Crippen LogP contribution in [0, 0.1) is 6.92 Å². The zero-order valence-electron chi connectivity index (χ0n) is 9.19. The molecule has 0 spiro atoms. The molecule has 16 heavy (non-hydrogen) atoms. The van der Waals surface area contributed by atoms with E-state index in [1.807, 2.05) is 6.92 Å². The van der Waals surface area contributed by atoms with Crippen LogP contribution in [-0.4, -0.2) is 33.0 Å². The van der Waals surface area contributed by atoms with Gasteiger partial charge in [-0.3, -0.25) is 0 Å². The quantitative estimate of drug-likeness (QED) is 0.757. The number of hydrogen-bond acceptors (Lipinski definition) is 5. The molecule has 0 aliphatic carbocycles. The lowest BCUT2D eigenvalue weighted by molar-refractivity contribution is 0.579. The normalized spacial score (nSPS) is 11.1. The van der Waals surface area contributed by atoms with Gasteiger partial charge in [0.15, 0.2) is 4.21 Å². The lowest BCUT2D eigenvalue weighted by Crippen LogP contribution is -2.31. The summed E-state index contributed by atoms with van der Waals surface area (Å²) < 4.78 is 26.1. The largest absolute Gasteiger partial charge is 0.316 e. The van der Waals surface area contributed by atoms with Gasteiger partial charge in [0.1, 0.15) is 0 Å². The third kappa shape index (κ3) is 4.75. The van der Waals surface area contributed by atoms with Crippen LogP contribution in [0.15, 0.2) is 10.4 Å². The molecule has 0 aliphatic heterocycles. The molecular formula is C8H16ClN3O2S2. The number of likely N-dealkylation sites (N-methyl/N-ethyl adjacent to an activating group) is 1. The van der Waals surface area contributed by atoms with Crippen LogP contribution in [0.3, 0.4) is 0 Å². The van der Waals surface area contributed by atoms with Crippen molar-refractivity contribution < 1.29 is 8.42 Å². The number of halogens is 1. The monoisotopic (exact) mass is 285 g/mol. The first-order valence-electron chi connectivity index (χ1n) is 4.69. The molecule has 0 atom stereocenters. The van der Waals surface area contributed by atoms with E-state index in [4.69, 9.17) is 0 Å². The first-order valence-corrected chi connectivity index (χ1v) is 6.99. The summed E-state index contributed by atoms with van der Waals surface area (Å²) >= 11 is 1.18. The molecule has 0 aliphatic rings. The molecule has 0 radical (unpaired) electrons. The molecule has 5 nitrogen and oxygen atoms in total. The molecule has 0 bridgehead atoms. The Hall–Kier alpha value is -0.210. The lowest BCUT2D eigenvalue weighted by Gasteiger charge is -2.04. The Balaban J connectivity index is 0.00000225. The highest BCUT2D eigenvalue weighted by molar-refractivity contribution is 7.91. The van der Waals surface area contributed by atoms with Crippen molar-refractivity contribution in [2.45, 2.75) is 18.1 Å². The Kier molecular flexibility index (Phi) is 7.09. The maximum atomic E-state index is 11.6. The first kappa shape index (κ1) is 15.8. The average molecular weight is 286 g/mol. The molecule has 1 heterocycles. The Bertz CT molecular complexity index is 405. The second kappa shape index (κ2) is 7.18. The highest BCUT2D eigenvalue weighted by Gasteiger charge is 2.15. The van der Waals surface area contributed by atoms with Crippen molar-refractivity contribution in [3.05, 3.63) is 11.2 Å². The van der Waals surface area contributed by atoms with E-state index < -0.39 is 10.0 Å². The Morgan fingerprint density at radius 3 is 2.62 bits per heavy atom. The molecule has 8 heteroatoms. The van der Waals surface area contributed by atoms with E-state index in [2.05, 4.69) is 15.0 Å². The van der Waals surface area contributed by atoms with Crippen LogP contribution in [0.1, 0.15) is 11.9 Å². The van der Waals surface area contributed by atoms with Crippen LogP contribution < -0.4 is 10.0 Å². The van der Waals surface area contributed by atoms with Gasteiger partial charge in [-0.2, -0.15) is 0 Å². The van der Waals surface area contributed by atoms with Crippen molar-refractivity contribution in [3.8, 4) is 0 Å². The Morgan fingerprint density at radius 1 is 1.44 bits per heavy atom. The molecule has 0 saturated heterocycles. The van der Waals surface area contributed by atoms with Gasteiger partial charge in [0.2, 0.25) is 0 Å². The van der Waals surface area contributed by atoms with Crippen molar-refractivity contribution in [3.63, 3.8) is 0 Å². The van der Waals surface area contributed by atoms with Crippen LogP contribution in [0.4, 0.5) is 0 Å². The standard InChI is InChI=1S/C8H15N3O2S2.ClH/c1-3-9-4-5-11-15(12,13)8-6-10-7(2)14-8;/h6,9,11H,3-5H2,1-2H3;1H. The number of sulfonamides is 1. The maximum Gasteiger partial charge on any atom is 0.251 e. The first-order chi connectivity index (χ1) is 7.06. The van der Waals surface area contributed by atoms with Gasteiger partial charge in [-0.15, -0.1) is 23.7 Å². The van der Waals surface area contributed by atoms with E-state index in [1.54, 1.807) is 6.92 Å². The van der Waals surface area contributed by atoms with Crippen LogP contribution in [0.5, 0.6) is 0 Å². The topological polar surface area (TPSA) is 71.1 Å². The molecule has 0 saturated carbocycles. The molecular weight excluding hydrogens is 270 g/mol. The van der Waals surface area contributed by atoms with Gasteiger partial charge in [-0.25, -0.2) is 18.1 Å². The maximum absolute atomic E-state index is 11.6. The smallest absolute Gasteiger partial charge is 0.251 e. The average Bonchev–Trinajstić information content (AvgIpc) is 2.60. The van der Waals surface area contributed by atoms with Gasteiger partial charge in [-0.1, -0.05) is 6.92 Å². The van der Waals surface area contributed by atoms with E-state index in [0.29, 0.717) is 13.1 Å². The van der Waals surface area contributed by atoms with Gasteiger partial charge in [0, 0.05) is 13.1 Å². The molecule has 0 aromatic carbocycles. The summed E-state index contributed by atoms with van der Waals surface area (Å²) in [6, 6.07) is 0. The fourth-order valence-electron chi connectivity index (χ4n) is 0.988. The van der Waals surface area contributed by atoms with Crippen molar-refractivity contribution in [1.29, 1.82) is 0 Å². The predicted octanol–water partition coefficient (Wildman–Crippen LogP) is 0.761. The molecule has 0 fully saturated rings. The number of aryl methyl sites for hydroxylation is 1. The van der Waals surface area contributed by atoms with Crippen molar-refractivity contribution >= 4 is 33.8 Å². The number of rotatable bonds is 6. The molecule has 1 aromatic heterocycles. The SMILES string of the molecule is CCNCCNS(=O)(=O)c1cnc(C)s1.Cl. The lowest BCUT2D eigenvalue weighted by atomic mass is 10.6. The molecule has 94 valence electrons. The van der Waals surface area contributed by atoms with E-state index in [9.17, 15) is 8.42 Å². The molecule has 0 amide bonds. The van der Waals surface area contributed by atoms with Gasteiger partial charge >= 0.3 is 0 Å². The van der Waals surface area contributed by atoms with Crippen molar-refractivity contribution in [2.24, 2.45) is 0 Å². The zero-order chi connectivity index (χ0) is 11.3. The summed E-state index contributed by atoms with van der Waals surface area (Å²) in [5.41, 5.74) is 0. The van der Waals surface area contributed by atoms with Crippen LogP contribution in [0.2, 0.25) is 0 Å². The number of nitrogens with one attached hydrogen (secondary N) is 2. The second-order valence-corrected chi connectivity index (χ2v) is 6.18. The Labute approximate surface area is 106 Å². The minimum atomic E-state index is -3.35. The third-order valence-corrected chi connectivity index (χ3v) is 4.54. The van der Waals surface area contributed by atoms with E-state index in [0.717, 1.165) is 11.6 Å². The summed E-state index contributed by atoms with van der Waals surface area (Å²) in [5, 5.41) is 3.79. The van der Waals surface area contributed by atoms with Crippen LogP contribution in [0.25, 0.3) is 0 Å². The van der Waals surface area contributed by atoms with Crippen molar-refractivity contribution in [1.82, 2.24) is 15.0 Å². The fraction of sp³-hybridized carbons (Fsp3) is 0.625. The predicted molar refractivity (Wildman–Crippen MR) is 67.8 cm³/mol. The molecule has 0 unspecified atom stereocenters. The second-order valence-electron chi connectivity index (χ2n) is 2.95. The van der Waals surface area contributed by atoms with Crippen molar-refractivity contribution in [2.75, 3.05) is 19.6 Å². The van der Waals surface area contributed by atoms with Crippen LogP contribution in [-0.2, 0) is 10.0 Å². The summed E-state index contributed by atoms with van der Waals surface area (Å²) in [5.74, 6) is 0. The fourth-order valence-corrected chi connectivity index (χ4v) is 3.17. The summed E-state index contributed by atoms with van der Waals surface area (Å²) in [7, 11) is -3.35. The number of aromatic nitrogens is 1. The van der Waals surface area contributed by atoms with E-state index >= 15 is 0 Å². The number of thiazole rings is 1. The zero-order valence-corrected chi connectivity index (χ0v) is 11.6. The summed E-state index contributed by atoms with van der Waals surface area (Å²) in [6.07, 6.45) is 1.38. The van der Waals surface area contributed by atoms with Gasteiger partial charge in [0.25, 0.3) is 10.0 Å². The number of nitrogens with zero attached hydrogens (tertiary/aromatic N) is 1. The van der Waals surface area contributed by atoms with Gasteiger partial charge in [-0.05, 0) is 13.5 Å². The minimum absolute atomic E-state index is 0. The summed E-state index contributed by atoms with van der Waals surface area (Å²) in [4.78, 5) is 3.91.